The number of aliphatic hydroxyl groups is 1. The number of Topliss-reactive ketones (excluding diaryl/α,β-unsaturated/α-hetero) is 1. The monoisotopic (exact) mass is 221 g/mol. The standard InChI is InChI=1S/C12H15NO3/c1-16-11-4-2-9(3-5-11)12(15)8-13-6-10(14)7-13/h2-5,10,14H,6-8H2,1H3. The van der Waals surface area contributed by atoms with E-state index in [1.807, 2.05) is 4.90 Å². The highest BCUT2D eigenvalue weighted by Crippen LogP contribution is 2.13. The Labute approximate surface area is 94.4 Å². The third kappa shape index (κ3) is 2.40. The van der Waals surface area contributed by atoms with Crippen LogP contribution in [0.5, 0.6) is 5.75 Å². The molecule has 16 heavy (non-hydrogen) atoms. The second kappa shape index (κ2) is 4.63. The lowest BCUT2D eigenvalue weighted by atomic mass is 10.1. The van der Waals surface area contributed by atoms with Crippen molar-refractivity contribution in [1.29, 1.82) is 0 Å². The average molecular weight is 221 g/mol. The molecule has 1 aliphatic heterocycles. The van der Waals surface area contributed by atoms with Crippen LogP contribution in [0.25, 0.3) is 0 Å². The Morgan fingerprint density at radius 3 is 2.56 bits per heavy atom. The van der Waals surface area contributed by atoms with E-state index in [9.17, 15) is 4.79 Å². The Balaban J connectivity index is 1.93. The first-order valence-corrected chi connectivity index (χ1v) is 5.26. The van der Waals surface area contributed by atoms with E-state index in [1.54, 1.807) is 31.4 Å². The van der Waals surface area contributed by atoms with Gasteiger partial charge in [0.2, 0.25) is 0 Å². The molecule has 2 rings (SSSR count). The fraction of sp³-hybridized carbons (Fsp3) is 0.417. The summed E-state index contributed by atoms with van der Waals surface area (Å²) >= 11 is 0. The van der Waals surface area contributed by atoms with E-state index >= 15 is 0 Å². The summed E-state index contributed by atoms with van der Waals surface area (Å²) in [5, 5.41) is 9.10. The summed E-state index contributed by atoms with van der Waals surface area (Å²) in [6.45, 7) is 1.58. The highest BCUT2D eigenvalue weighted by molar-refractivity contribution is 5.97. The summed E-state index contributed by atoms with van der Waals surface area (Å²) in [4.78, 5) is 13.7. The third-order valence-corrected chi connectivity index (χ3v) is 2.72. The molecule has 0 bridgehead atoms. The second-order valence-electron chi connectivity index (χ2n) is 4.00. The lowest BCUT2D eigenvalue weighted by molar-refractivity contribution is 0.00515. The molecule has 1 saturated heterocycles. The van der Waals surface area contributed by atoms with Gasteiger partial charge in [0.1, 0.15) is 5.75 Å². The Kier molecular flexibility index (Phi) is 3.22. The lowest BCUT2D eigenvalue weighted by Crippen LogP contribution is -2.52. The summed E-state index contributed by atoms with van der Waals surface area (Å²) in [6, 6.07) is 7.07. The number of aliphatic hydroxyl groups excluding tert-OH is 1. The molecule has 4 nitrogen and oxygen atoms in total. The van der Waals surface area contributed by atoms with Gasteiger partial charge in [-0.2, -0.15) is 0 Å². The largest absolute Gasteiger partial charge is 0.497 e. The Hall–Kier alpha value is -1.39. The average Bonchev–Trinajstić information content (AvgIpc) is 2.27. The number of ether oxygens (including phenoxy) is 1. The maximum atomic E-state index is 11.8. The van der Waals surface area contributed by atoms with Gasteiger partial charge in [-0.05, 0) is 24.3 Å². The second-order valence-corrected chi connectivity index (χ2v) is 4.00. The number of likely N-dealkylation sites (tertiary alicyclic amines) is 1. The van der Waals surface area contributed by atoms with Crippen LogP contribution < -0.4 is 4.74 Å². The highest BCUT2D eigenvalue weighted by atomic mass is 16.5. The molecule has 0 radical (unpaired) electrons. The van der Waals surface area contributed by atoms with E-state index in [4.69, 9.17) is 9.84 Å². The summed E-state index contributed by atoms with van der Waals surface area (Å²) in [5.41, 5.74) is 0.683. The normalized spacial score (nSPS) is 16.9. The number of rotatable bonds is 4. The molecule has 0 amide bonds. The summed E-state index contributed by atoms with van der Waals surface area (Å²) in [5.74, 6) is 0.825. The topological polar surface area (TPSA) is 49.8 Å². The van der Waals surface area contributed by atoms with E-state index in [0.717, 1.165) is 5.75 Å². The molecule has 4 heteroatoms. The van der Waals surface area contributed by atoms with Crippen molar-refractivity contribution in [2.24, 2.45) is 0 Å². The minimum atomic E-state index is -0.260. The first-order chi connectivity index (χ1) is 7.69. The fourth-order valence-electron chi connectivity index (χ4n) is 1.74. The van der Waals surface area contributed by atoms with Crippen LogP contribution in [0.1, 0.15) is 10.4 Å². The molecule has 0 aromatic heterocycles. The predicted octanol–water partition coefficient (Wildman–Crippen LogP) is 0.554. The molecule has 1 N–H and O–H groups in total. The zero-order chi connectivity index (χ0) is 11.5. The van der Waals surface area contributed by atoms with Crippen molar-refractivity contribution in [1.82, 2.24) is 4.90 Å². The van der Waals surface area contributed by atoms with Crippen LogP contribution in [0.3, 0.4) is 0 Å². The third-order valence-electron chi connectivity index (χ3n) is 2.72. The van der Waals surface area contributed by atoms with E-state index in [-0.39, 0.29) is 11.9 Å². The van der Waals surface area contributed by atoms with Gasteiger partial charge in [0.05, 0.1) is 19.8 Å². The molecular weight excluding hydrogens is 206 g/mol. The number of methoxy groups -OCH3 is 1. The van der Waals surface area contributed by atoms with Gasteiger partial charge in [-0.25, -0.2) is 0 Å². The van der Waals surface area contributed by atoms with Crippen molar-refractivity contribution >= 4 is 5.78 Å². The zero-order valence-corrected chi connectivity index (χ0v) is 9.22. The number of hydrogen-bond acceptors (Lipinski definition) is 4. The van der Waals surface area contributed by atoms with Crippen LogP contribution in [-0.4, -0.2) is 48.6 Å². The molecule has 86 valence electrons. The molecule has 0 aliphatic carbocycles. The van der Waals surface area contributed by atoms with Crippen molar-refractivity contribution in [2.75, 3.05) is 26.7 Å². The van der Waals surface area contributed by atoms with Gasteiger partial charge in [0.25, 0.3) is 0 Å². The quantitative estimate of drug-likeness (QED) is 0.754. The molecular formula is C12H15NO3. The number of hydrogen-bond donors (Lipinski definition) is 1. The Morgan fingerprint density at radius 1 is 1.44 bits per heavy atom. The van der Waals surface area contributed by atoms with Crippen LogP contribution in [0.2, 0.25) is 0 Å². The van der Waals surface area contributed by atoms with Crippen LogP contribution in [0.15, 0.2) is 24.3 Å². The molecule has 1 aromatic rings. The van der Waals surface area contributed by atoms with Crippen molar-refractivity contribution < 1.29 is 14.6 Å². The molecule has 1 fully saturated rings. The minimum Gasteiger partial charge on any atom is -0.497 e. The van der Waals surface area contributed by atoms with E-state index < -0.39 is 0 Å². The number of benzene rings is 1. The van der Waals surface area contributed by atoms with E-state index in [1.165, 1.54) is 0 Å². The van der Waals surface area contributed by atoms with Crippen LogP contribution in [-0.2, 0) is 0 Å². The maximum absolute atomic E-state index is 11.8. The zero-order valence-electron chi connectivity index (χ0n) is 9.22. The highest BCUT2D eigenvalue weighted by Gasteiger charge is 2.26. The van der Waals surface area contributed by atoms with E-state index in [0.29, 0.717) is 25.2 Å². The van der Waals surface area contributed by atoms with Crippen LogP contribution >= 0.6 is 0 Å². The SMILES string of the molecule is COc1ccc(C(=O)CN2CC(O)C2)cc1. The van der Waals surface area contributed by atoms with Gasteiger partial charge in [-0.1, -0.05) is 0 Å². The Morgan fingerprint density at radius 2 is 2.06 bits per heavy atom. The fourth-order valence-corrected chi connectivity index (χ4v) is 1.74. The molecule has 0 unspecified atom stereocenters. The van der Waals surface area contributed by atoms with Crippen molar-refractivity contribution in [3.05, 3.63) is 29.8 Å². The van der Waals surface area contributed by atoms with Crippen LogP contribution in [0, 0.1) is 0 Å². The molecule has 0 atom stereocenters. The van der Waals surface area contributed by atoms with Crippen molar-refractivity contribution in [2.45, 2.75) is 6.10 Å². The first-order valence-electron chi connectivity index (χ1n) is 5.26. The molecule has 1 aromatic carbocycles. The van der Waals surface area contributed by atoms with Crippen molar-refractivity contribution in [3.63, 3.8) is 0 Å². The predicted molar refractivity (Wildman–Crippen MR) is 59.8 cm³/mol. The van der Waals surface area contributed by atoms with Gasteiger partial charge in [0, 0.05) is 18.7 Å². The first kappa shape index (κ1) is 11.1. The number of β-amino-alcohol motifs (C(OH)–C–C–N with tert-alkyl or cyclic N) is 1. The molecule has 1 aliphatic rings. The minimum absolute atomic E-state index is 0.0783. The van der Waals surface area contributed by atoms with Crippen molar-refractivity contribution in [3.8, 4) is 5.75 Å². The smallest absolute Gasteiger partial charge is 0.176 e. The summed E-state index contributed by atoms with van der Waals surface area (Å²) < 4.78 is 5.02. The summed E-state index contributed by atoms with van der Waals surface area (Å²) in [7, 11) is 1.60. The molecule has 0 saturated carbocycles. The maximum Gasteiger partial charge on any atom is 0.176 e. The van der Waals surface area contributed by atoms with Crippen LogP contribution in [0.4, 0.5) is 0 Å². The van der Waals surface area contributed by atoms with Gasteiger partial charge in [0.15, 0.2) is 5.78 Å². The lowest BCUT2D eigenvalue weighted by Gasteiger charge is -2.35. The van der Waals surface area contributed by atoms with Gasteiger partial charge in [-0.3, -0.25) is 9.69 Å². The van der Waals surface area contributed by atoms with Gasteiger partial charge in [-0.15, -0.1) is 0 Å². The molecule has 0 spiro atoms. The van der Waals surface area contributed by atoms with E-state index in [2.05, 4.69) is 0 Å². The number of carbonyl (C=O) groups is 1. The number of nitrogens with zero attached hydrogens (tertiary/aromatic N) is 1. The van der Waals surface area contributed by atoms with Gasteiger partial charge >= 0.3 is 0 Å². The molecule has 1 heterocycles. The number of ketones is 1. The number of carbonyl (C=O) groups excluding carboxylic acids is 1. The van der Waals surface area contributed by atoms with Gasteiger partial charge < -0.3 is 9.84 Å². The summed E-state index contributed by atoms with van der Waals surface area (Å²) in [6.07, 6.45) is -0.260. The Bertz CT molecular complexity index is 368.